The predicted molar refractivity (Wildman–Crippen MR) is 69.9 cm³/mol. The van der Waals surface area contributed by atoms with Crippen LogP contribution in [0.3, 0.4) is 0 Å². The lowest BCUT2D eigenvalue weighted by Crippen LogP contribution is -2.37. The molecule has 1 rings (SSSR count). The molecule has 0 spiro atoms. The van der Waals surface area contributed by atoms with Crippen LogP contribution in [0.5, 0.6) is 0 Å². The van der Waals surface area contributed by atoms with E-state index in [4.69, 9.17) is 34.8 Å². The van der Waals surface area contributed by atoms with Crippen molar-refractivity contribution in [1.29, 1.82) is 0 Å². The molecule has 0 amide bonds. The maximum atomic E-state index is 12.0. The van der Waals surface area contributed by atoms with Gasteiger partial charge in [0.15, 0.2) is 15.6 Å². The zero-order chi connectivity index (χ0) is 13.4. The van der Waals surface area contributed by atoms with E-state index in [9.17, 15) is 13.2 Å². The smallest absolute Gasteiger partial charge is 0.204 e. The number of ketones is 1. The quantitative estimate of drug-likeness (QED) is 0.636. The molecule has 1 aromatic carbocycles. The van der Waals surface area contributed by atoms with Crippen molar-refractivity contribution in [3.05, 3.63) is 33.8 Å². The molecule has 0 heterocycles. The SMILES string of the molecule is CC(Cl)(C(=O)c1ccc(Cl)cc1Cl)S(C)(=O)=O. The highest BCUT2D eigenvalue weighted by molar-refractivity contribution is 7.94. The van der Waals surface area contributed by atoms with Crippen LogP contribution in [0.4, 0.5) is 0 Å². The molecular weight excluding hydrogens is 307 g/mol. The van der Waals surface area contributed by atoms with Crippen LogP contribution >= 0.6 is 34.8 Å². The van der Waals surface area contributed by atoms with Gasteiger partial charge in [0.1, 0.15) is 0 Å². The average molecular weight is 316 g/mol. The summed E-state index contributed by atoms with van der Waals surface area (Å²) in [5.74, 6) is -0.775. The molecule has 0 N–H and O–H groups in total. The highest BCUT2D eigenvalue weighted by Gasteiger charge is 2.42. The summed E-state index contributed by atoms with van der Waals surface area (Å²) in [5, 5.41) is 0.417. The van der Waals surface area contributed by atoms with Gasteiger partial charge in [0, 0.05) is 16.8 Å². The van der Waals surface area contributed by atoms with E-state index in [0.29, 0.717) is 5.02 Å². The first-order valence-corrected chi connectivity index (χ1v) is 7.48. The summed E-state index contributed by atoms with van der Waals surface area (Å²) in [6.45, 7) is 1.12. The van der Waals surface area contributed by atoms with Crippen LogP contribution in [0.15, 0.2) is 18.2 Å². The molecule has 0 aliphatic carbocycles. The number of hydrogen-bond acceptors (Lipinski definition) is 3. The maximum Gasteiger partial charge on any atom is 0.204 e. The first-order chi connectivity index (χ1) is 7.57. The molecule has 3 nitrogen and oxygen atoms in total. The Morgan fingerprint density at radius 1 is 1.29 bits per heavy atom. The van der Waals surface area contributed by atoms with Gasteiger partial charge in [-0.1, -0.05) is 34.8 Å². The minimum Gasteiger partial charge on any atom is -0.291 e. The van der Waals surface area contributed by atoms with E-state index in [0.717, 1.165) is 13.2 Å². The lowest BCUT2D eigenvalue weighted by atomic mass is 10.1. The van der Waals surface area contributed by atoms with Crippen LogP contribution in [-0.4, -0.2) is 24.7 Å². The number of hydrogen-bond donors (Lipinski definition) is 0. The molecule has 0 aromatic heterocycles. The van der Waals surface area contributed by atoms with Crippen molar-refractivity contribution in [3.8, 4) is 0 Å². The minimum atomic E-state index is -3.75. The number of benzene rings is 1. The first-order valence-electron chi connectivity index (χ1n) is 4.45. The third-order valence-corrected chi connectivity index (χ3v) is 5.42. The highest BCUT2D eigenvalue weighted by atomic mass is 35.5. The van der Waals surface area contributed by atoms with Crippen LogP contribution in [0.1, 0.15) is 17.3 Å². The molecule has 0 radical (unpaired) electrons. The van der Waals surface area contributed by atoms with Crippen molar-refractivity contribution in [1.82, 2.24) is 0 Å². The van der Waals surface area contributed by atoms with Crippen LogP contribution in [-0.2, 0) is 9.84 Å². The molecule has 0 saturated carbocycles. The molecule has 17 heavy (non-hydrogen) atoms. The van der Waals surface area contributed by atoms with E-state index < -0.39 is 19.8 Å². The largest absolute Gasteiger partial charge is 0.291 e. The molecule has 1 atom stereocenters. The summed E-state index contributed by atoms with van der Waals surface area (Å²) < 4.78 is 20.8. The summed E-state index contributed by atoms with van der Waals surface area (Å²) in [7, 11) is -3.75. The highest BCUT2D eigenvalue weighted by Crippen LogP contribution is 2.30. The topological polar surface area (TPSA) is 51.2 Å². The van der Waals surface area contributed by atoms with Crippen LogP contribution in [0.2, 0.25) is 10.0 Å². The van der Waals surface area contributed by atoms with Gasteiger partial charge < -0.3 is 0 Å². The summed E-state index contributed by atoms with van der Waals surface area (Å²) >= 11 is 17.3. The molecule has 0 bridgehead atoms. The van der Waals surface area contributed by atoms with Gasteiger partial charge in [-0.15, -0.1) is 0 Å². The van der Waals surface area contributed by atoms with E-state index >= 15 is 0 Å². The molecule has 1 unspecified atom stereocenters. The second kappa shape index (κ2) is 4.76. The molecule has 0 fully saturated rings. The number of carbonyl (C=O) groups is 1. The van der Waals surface area contributed by atoms with Crippen molar-refractivity contribution < 1.29 is 13.2 Å². The Labute approximate surface area is 115 Å². The van der Waals surface area contributed by atoms with Crippen molar-refractivity contribution in [2.24, 2.45) is 0 Å². The monoisotopic (exact) mass is 314 g/mol. The fraction of sp³-hybridized carbons (Fsp3) is 0.300. The summed E-state index contributed by atoms with van der Waals surface area (Å²) in [4.78, 5) is 12.0. The van der Waals surface area contributed by atoms with E-state index in [1.54, 1.807) is 0 Å². The van der Waals surface area contributed by atoms with Crippen LogP contribution < -0.4 is 0 Å². The Kier molecular flexibility index (Phi) is 4.14. The number of alkyl halides is 1. The normalized spacial score (nSPS) is 15.4. The van der Waals surface area contributed by atoms with E-state index in [1.807, 2.05) is 0 Å². The molecule has 0 aliphatic heterocycles. The van der Waals surface area contributed by atoms with Gasteiger partial charge in [-0.25, -0.2) is 8.42 Å². The Bertz CT molecular complexity index is 564. The number of rotatable bonds is 3. The van der Waals surface area contributed by atoms with Crippen molar-refractivity contribution >= 4 is 50.4 Å². The second-order valence-electron chi connectivity index (χ2n) is 3.64. The Balaban J connectivity index is 3.32. The van der Waals surface area contributed by atoms with Gasteiger partial charge in [-0.05, 0) is 25.1 Å². The fourth-order valence-electron chi connectivity index (χ4n) is 1.08. The van der Waals surface area contributed by atoms with Crippen LogP contribution in [0.25, 0.3) is 0 Å². The van der Waals surface area contributed by atoms with E-state index in [2.05, 4.69) is 0 Å². The van der Waals surface area contributed by atoms with Crippen molar-refractivity contribution in [2.45, 2.75) is 11.1 Å². The molecule has 7 heteroatoms. The molecule has 0 saturated heterocycles. The molecule has 0 aliphatic rings. The molecular formula is C10H9Cl3O3S. The Morgan fingerprint density at radius 2 is 1.82 bits per heavy atom. The fourth-order valence-corrected chi connectivity index (χ4v) is 2.13. The maximum absolute atomic E-state index is 12.0. The van der Waals surface area contributed by atoms with Gasteiger partial charge >= 0.3 is 0 Å². The lowest BCUT2D eigenvalue weighted by Gasteiger charge is -2.18. The number of halogens is 3. The summed E-state index contributed by atoms with van der Waals surface area (Å²) in [6.07, 6.45) is 0.891. The third kappa shape index (κ3) is 2.94. The van der Waals surface area contributed by atoms with E-state index in [-0.39, 0.29) is 10.6 Å². The van der Waals surface area contributed by atoms with E-state index in [1.165, 1.54) is 18.2 Å². The van der Waals surface area contributed by atoms with Crippen molar-refractivity contribution in [2.75, 3.05) is 6.26 Å². The standard InChI is InChI=1S/C10H9Cl3O3S/c1-10(13,17(2,15)16)9(14)7-4-3-6(11)5-8(7)12/h3-5H,1-2H3. The first kappa shape index (κ1) is 14.8. The zero-order valence-corrected chi connectivity index (χ0v) is 12.1. The Hall–Kier alpha value is -0.290. The third-order valence-electron chi connectivity index (χ3n) is 2.28. The van der Waals surface area contributed by atoms with Gasteiger partial charge in [0.05, 0.1) is 5.02 Å². The zero-order valence-electron chi connectivity index (χ0n) is 9.00. The van der Waals surface area contributed by atoms with Gasteiger partial charge in [0.2, 0.25) is 4.21 Å². The second-order valence-corrected chi connectivity index (χ2v) is 7.83. The van der Waals surface area contributed by atoms with Gasteiger partial charge in [-0.3, -0.25) is 4.79 Å². The summed E-state index contributed by atoms with van der Waals surface area (Å²) in [6, 6.07) is 4.14. The molecule has 1 aromatic rings. The minimum absolute atomic E-state index is 0.0268. The predicted octanol–water partition coefficient (Wildman–Crippen LogP) is 3.18. The number of carbonyl (C=O) groups excluding carboxylic acids is 1. The number of Topliss-reactive ketones (excluding diaryl/α,β-unsaturated/α-hetero) is 1. The van der Waals surface area contributed by atoms with Crippen molar-refractivity contribution in [3.63, 3.8) is 0 Å². The summed E-state index contributed by atoms with van der Waals surface area (Å²) in [5.41, 5.74) is 0.0268. The lowest BCUT2D eigenvalue weighted by molar-refractivity contribution is 0.0978. The average Bonchev–Trinajstić information content (AvgIpc) is 2.14. The number of sulfone groups is 1. The van der Waals surface area contributed by atoms with Gasteiger partial charge in [-0.2, -0.15) is 0 Å². The Morgan fingerprint density at radius 3 is 2.24 bits per heavy atom. The molecule has 94 valence electrons. The van der Waals surface area contributed by atoms with Crippen LogP contribution in [0, 0.1) is 0 Å². The van der Waals surface area contributed by atoms with Gasteiger partial charge in [0.25, 0.3) is 0 Å².